The molecule has 0 atom stereocenters. The lowest BCUT2D eigenvalue weighted by Gasteiger charge is -2.08. The molecular weight excluding hydrogens is 375 g/mol. The first kappa shape index (κ1) is 19.8. The van der Waals surface area contributed by atoms with Gasteiger partial charge in [-0.1, -0.05) is 12.1 Å². The highest BCUT2D eigenvalue weighted by molar-refractivity contribution is 7.92. The number of sulfonamides is 1. The number of carbonyl (C=O) groups is 1. The van der Waals surface area contributed by atoms with E-state index in [0.29, 0.717) is 5.56 Å². The van der Waals surface area contributed by atoms with Crippen LogP contribution in [-0.2, 0) is 38.7 Å². The fraction of sp³-hybridized carbons (Fsp3) is 0.333. The van der Waals surface area contributed by atoms with Crippen LogP contribution in [0.1, 0.15) is 11.1 Å². The summed E-state index contributed by atoms with van der Waals surface area (Å²) in [5, 5.41) is 3.82. The third-order valence-corrected chi connectivity index (χ3v) is 4.65. The highest BCUT2D eigenvalue weighted by Gasteiger charge is 2.29. The van der Waals surface area contributed by atoms with Gasteiger partial charge in [-0.25, -0.2) is 8.42 Å². The Balaban J connectivity index is 1.93. The number of hydrogen-bond donors (Lipinski definition) is 1. The van der Waals surface area contributed by atoms with Gasteiger partial charge in [0.05, 0.1) is 30.3 Å². The molecule has 0 aliphatic carbocycles. The second-order valence-corrected chi connectivity index (χ2v) is 7.21. The molecule has 1 aromatic carbocycles. The Hall–Kier alpha value is -2.56. The monoisotopic (exact) mass is 391 g/mol. The van der Waals surface area contributed by atoms with Crippen molar-refractivity contribution >= 4 is 21.7 Å². The van der Waals surface area contributed by atoms with E-state index in [2.05, 4.69) is 14.6 Å². The minimum absolute atomic E-state index is 0.0454. The Morgan fingerprint density at radius 3 is 2.50 bits per heavy atom. The van der Waals surface area contributed by atoms with Gasteiger partial charge in [0.1, 0.15) is 6.54 Å². The van der Waals surface area contributed by atoms with Gasteiger partial charge in [-0.05, 0) is 24.1 Å². The van der Waals surface area contributed by atoms with Crippen LogP contribution in [0.4, 0.5) is 18.9 Å². The molecule has 0 spiro atoms. The summed E-state index contributed by atoms with van der Waals surface area (Å²) in [5.74, 6) is -0.856. The maximum atomic E-state index is 12.5. The number of carbonyl (C=O) groups excluding carboxylic acids is 1. The van der Waals surface area contributed by atoms with Crippen molar-refractivity contribution in [2.75, 3.05) is 17.6 Å². The van der Waals surface area contributed by atoms with Gasteiger partial charge >= 0.3 is 12.1 Å². The predicted molar refractivity (Wildman–Crippen MR) is 86.8 cm³/mol. The zero-order valence-corrected chi connectivity index (χ0v) is 14.5. The quantitative estimate of drug-likeness (QED) is 0.730. The summed E-state index contributed by atoms with van der Waals surface area (Å²) in [6.45, 7) is -0.163. The summed E-state index contributed by atoms with van der Waals surface area (Å²) >= 11 is 0. The predicted octanol–water partition coefficient (Wildman–Crippen LogP) is 2.06. The Morgan fingerprint density at radius 2 is 1.92 bits per heavy atom. The molecule has 0 saturated heterocycles. The number of alkyl halides is 3. The molecule has 0 bridgehead atoms. The minimum atomic E-state index is -4.43. The normalized spacial score (nSPS) is 12.0. The van der Waals surface area contributed by atoms with Crippen LogP contribution in [0.2, 0.25) is 0 Å². The number of nitrogens with one attached hydrogen (secondary N) is 1. The number of halogens is 3. The van der Waals surface area contributed by atoms with Gasteiger partial charge in [0.2, 0.25) is 10.0 Å². The lowest BCUT2D eigenvalue weighted by Crippen LogP contribution is -2.18. The van der Waals surface area contributed by atoms with Gasteiger partial charge in [0.25, 0.3) is 0 Å². The average molecular weight is 391 g/mol. The summed E-state index contributed by atoms with van der Waals surface area (Å²) < 4.78 is 69.6. The summed E-state index contributed by atoms with van der Waals surface area (Å²) in [6, 6.07) is 4.30. The number of nitrogens with zero attached hydrogens (tertiary/aromatic N) is 2. The highest BCUT2D eigenvalue weighted by atomic mass is 32.2. The van der Waals surface area contributed by atoms with Gasteiger partial charge in [0.15, 0.2) is 0 Å². The number of ether oxygens (including phenoxy) is 1. The first-order chi connectivity index (χ1) is 12.1. The Morgan fingerprint density at radius 1 is 1.27 bits per heavy atom. The molecule has 11 heteroatoms. The lowest BCUT2D eigenvalue weighted by atomic mass is 10.1. The van der Waals surface area contributed by atoms with Crippen LogP contribution in [0.5, 0.6) is 0 Å². The molecule has 1 N–H and O–H groups in total. The first-order valence-electron chi connectivity index (χ1n) is 7.35. The zero-order valence-electron chi connectivity index (χ0n) is 13.7. The van der Waals surface area contributed by atoms with Crippen molar-refractivity contribution in [1.29, 1.82) is 0 Å². The van der Waals surface area contributed by atoms with Crippen LogP contribution in [-0.4, -0.2) is 37.0 Å². The van der Waals surface area contributed by atoms with E-state index in [0.717, 1.165) is 12.1 Å². The number of aromatic nitrogens is 2. The van der Waals surface area contributed by atoms with E-state index < -0.39 is 27.7 Å². The molecular formula is C15H16F3N3O4S. The van der Waals surface area contributed by atoms with Crippen LogP contribution in [0.15, 0.2) is 36.7 Å². The van der Waals surface area contributed by atoms with Crippen LogP contribution in [0.25, 0.3) is 0 Å². The van der Waals surface area contributed by atoms with Crippen molar-refractivity contribution < 1.29 is 31.1 Å². The van der Waals surface area contributed by atoms with Crippen LogP contribution < -0.4 is 4.72 Å². The number of anilines is 1. The van der Waals surface area contributed by atoms with Crippen molar-refractivity contribution in [3.05, 3.63) is 47.8 Å². The molecule has 0 amide bonds. The molecule has 26 heavy (non-hydrogen) atoms. The van der Waals surface area contributed by atoms with Gasteiger partial charge in [-0.15, -0.1) is 0 Å². The standard InChI is InChI=1S/C15H16F3N3O4S/c1-25-14(22)10-21-9-13(8-19-21)20-26(23,24)7-6-11-2-4-12(5-3-11)15(16,17)18/h2-5,8-9,20H,6-7,10H2,1H3. The van der Waals surface area contributed by atoms with E-state index in [4.69, 9.17) is 0 Å². The van der Waals surface area contributed by atoms with Gasteiger partial charge in [0, 0.05) is 6.20 Å². The Bertz CT molecular complexity index is 861. The second kappa shape index (κ2) is 7.77. The molecule has 1 aromatic heterocycles. The summed E-state index contributed by atoms with van der Waals surface area (Å²) in [6.07, 6.45) is -1.83. The number of esters is 1. The molecule has 7 nitrogen and oxygen atoms in total. The second-order valence-electron chi connectivity index (χ2n) is 5.37. The fourth-order valence-electron chi connectivity index (χ4n) is 2.04. The van der Waals surface area contributed by atoms with E-state index in [9.17, 15) is 26.4 Å². The number of aryl methyl sites for hydroxylation is 1. The smallest absolute Gasteiger partial charge is 0.416 e. The molecule has 2 aromatic rings. The topological polar surface area (TPSA) is 90.3 Å². The van der Waals surface area contributed by atoms with E-state index >= 15 is 0 Å². The molecule has 0 fully saturated rings. The first-order valence-corrected chi connectivity index (χ1v) is 9.00. The molecule has 0 saturated carbocycles. The zero-order chi connectivity index (χ0) is 19.4. The summed E-state index contributed by atoms with van der Waals surface area (Å²) in [5.41, 5.74) is -0.161. The summed E-state index contributed by atoms with van der Waals surface area (Å²) in [7, 11) is -2.51. The minimum Gasteiger partial charge on any atom is -0.468 e. The van der Waals surface area contributed by atoms with Gasteiger partial charge in [-0.3, -0.25) is 14.2 Å². The maximum absolute atomic E-state index is 12.5. The van der Waals surface area contributed by atoms with E-state index in [1.807, 2.05) is 0 Å². The van der Waals surface area contributed by atoms with Crippen molar-refractivity contribution in [1.82, 2.24) is 9.78 Å². The molecule has 0 unspecified atom stereocenters. The third-order valence-electron chi connectivity index (χ3n) is 3.37. The fourth-order valence-corrected chi connectivity index (χ4v) is 3.11. The van der Waals surface area contributed by atoms with Gasteiger partial charge in [-0.2, -0.15) is 18.3 Å². The highest BCUT2D eigenvalue weighted by Crippen LogP contribution is 2.29. The van der Waals surface area contributed by atoms with Crippen LogP contribution in [0, 0.1) is 0 Å². The molecule has 0 aliphatic heterocycles. The van der Waals surface area contributed by atoms with E-state index in [-0.39, 0.29) is 24.4 Å². The maximum Gasteiger partial charge on any atom is 0.416 e. The largest absolute Gasteiger partial charge is 0.468 e. The third kappa shape index (κ3) is 5.76. The van der Waals surface area contributed by atoms with Crippen molar-refractivity contribution in [2.24, 2.45) is 0 Å². The van der Waals surface area contributed by atoms with E-state index in [1.165, 1.54) is 36.3 Å². The van der Waals surface area contributed by atoms with Crippen molar-refractivity contribution in [3.8, 4) is 0 Å². The number of methoxy groups -OCH3 is 1. The Kier molecular flexibility index (Phi) is 5.90. The molecule has 0 radical (unpaired) electrons. The Labute approximate surface area is 147 Å². The van der Waals surface area contributed by atoms with Crippen LogP contribution in [0.3, 0.4) is 0 Å². The van der Waals surface area contributed by atoms with Gasteiger partial charge < -0.3 is 4.74 Å². The number of rotatable bonds is 7. The molecule has 142 valence electrons. The molecule has 1 heterocycles. The number of hydrogen-bond acceptors (Lipinski definition) is 5. The lowest BCUT2D eigenvalue weighted by molar-refractivity contribution is -0.141. The van der Waals surface area contributed by atoms with E-state index in [1.54, 1.807) is 0 Å². The van der Waals surface area contributed by atoms with Crippen molar-refractivity contribution in [2.45, 2.75) is 19.1 Å². The number of benzene rings is 1. The molecule has 2 rings (SSSR count). The molecule has 0 aliphatic rings. The average Bonchev–Trinajstić information content (AvgIpc) is 2.98. The summed E-state index contributed by atoms with van der Waals surface area (Å²) in [4.78, 5) is 11.1. The van der Waals surface area contributed by atoms with Crippen LogP contribution >= 0.6 is 0 Å². The SMILES string of the molecule is COC(=O)Cn1cc(NS(=O)(=O)CCc2ccc(C(F)(F)F)cc2)cn1. The van der Waals surface area contributed by atoms with Crippen molar-refractivity contribution in [3.63, 3.8) is 0 Å².